The minimum atomic E-state index is -4.56. The maximum atomic E-state index is 11.3. The predicted molar refractivity (Wildman–Crippen MR) is 61.3 cm³/mol. The third kappa shape index (κ3) is 2.61. The van der Waals surface area contributed by atoms with Gasteiger partial charge in [-0.05, 0) is 12.3 Å². The van der Waals surface area contributed by atoms with Gasteiger partial charge in [-0.2, -0.15) is 8.42 Å². The highest BCUT2D eigenvalue weighted by molar-refractivity contribution is 7.86. The van der Waals surface area contributed by atoms with Gasteiger partial charge in [0, 0.05) is 5.56 Å². The molecule has 0 aliphatic heterocycles. The topological polar surface area (TPSA) is 74.6 Å². The second-order valence-corrected chi connectivity index (χ2v) is 5.85. The second kappa shape index (κ2) is 4.53. The van der Waals surface area contributed by atoms with Crippen molar-refractivity contribution in [3.05, 3.63) is 35.9 Å². The number of rotatable bonds is 4. The summed E-state index contributed by atoms with van der Waals surface area (Å²) in [4.78, 5) is -2.22. The highest BCUT2D eigenvalue weighted by atomic mass is 32.2. The Morgan fingerprint density at radius 2 is 1.75 bits per heavy atom. The molecule has 90 valence electrons. The summed E-state index contributed by atoms with van der Waals surface area (Å²) in [6.07, 6.45) is -0.0458. The van der Waals surface area contributed by atoms with Crippen LogP contribution in [0.3, 0.4) is 0 Å². The summed E-state index contributed by atoms with van der Waals surface area (Å²) in [6.45, 7) is 3.55. The molecule has 1 atom stereocenters. The predicted octanol–water partition coefficient (Wildman–Crippen LogP) is 1.77. The Balaban J connectivity index is 3.27. The Morgan fingerprint density at radius 3 is 2.12 bits per heavy atom. The van der Waals surface area contributed by atoms with Crippen molar-refractivity contribution >= 4 is 10.1 Å². The first-order valence-electron chi connectivity index (χ1n) is 5.02. The van der Waals surface area contributed by atoms with Gasteiger partial charge < -0.3 is 5.11 Å². The fraction of sp³-hybridized carbons (Fsp3) is 0.455. The van der Waals surface area contributed by atoms with Crippen molar-refractivity contribution in [1.29, 1.82) is 0 Å². The van der Waals surface area contributed by atoms with E-state index in [1.807, 2.05) is 0 Å². The molecule has 1 rings (SSSR count). The molecule has 16 heavy (non-hydrogen) atoms. The van der Waals surface area contributed by atoms with Crippen LogP contribution in [0.15, 0.2) is 30.3 Å². The molecule has 0 aliphatic rings. The number of aliphatic hydroxyl groups is 1. The molecule has 0 saturated heterocycles. The Bertz CT molecular complexity index is 438. The number of hydrogen-bond donors (Lipinski definition) is 2. The molecule has 0 saturated carbocycles. The van der Waals surface area contributed by atoms with E-state index in [0.717, 1.165) is 0 Å². The van der Waals surface area contributed by atoms with E-state index in [4.69, 9.17) is 4.55 Å². The summed E-state index contributed by atoms with van der Waals surface area (Å²) in [6, 6.07) is 7.91. The van der Waals surface area contributed by atoms with Crippen LogP contribution in [0.25, 0.3) is 0 Å². The highest BCUT2D eigenvalue weighted by Crippen LogP contribution is 2.33. The van der Waals surface area contributed by atoms with Crippen LogP contribution >= 0.6 is 0 Å². The van der Waals surface area contributed by atoms with Crippen LogP contribution in [0.2, 0.25) is 0 Å². The second-order valence-electron chi connectivity index (χ2n) is 4.22. The summed E-state index contributed by atoms with van der Waals surface area (Å²) in [5, 5.41) is 10.2. The monoisotopic (exact) mass is 244 g/mol. The molecule has 0 fully saturated rings. The highest BCUT2D eigenvalue weighted by Gasteiger charge is 2.42. The van der Waals surface area contributed by atoms with Crippen molar-refractivity contribution < 1.29 is 18.1 Å². The minimum Gasteiger partial charge on any atom is -0.369 e. The molecule has 0 spiro atoms. The molecule has 0 heterocycles. The van der Waals surface area contributed by atoms with Gasteiger partial charge in [-0.1, -0.05) is 44.2 Å². The first-order valence-corrected chi connectivity index (χ1v) is 6.46. The zero-order valence-corrected chi connectivity index (χ0v) is 10.1. The van der Waals surface area contributed by atoms with Gasteiger partial charge in [-0.3, -0.25) is 4.55 Å². The van der Waals surface area contributed by atoms with Crippen LogP contribution in [0, 0.1) is 5.92 Å². The van der Waals surface area contributed by atoms with E-state index in [0.29, 0.717) is 0 Å². The van der Waals surface area contributed by atoms with Gasteiger partial charge in [-0.15, -0.1) is 0 Å². The third-order valence-electron chi connectivity index (χ3n) is 2.34. The summed E-state index contributed by atoms with van der Waals surface area (Å²) < 4.78 is 31.8. The van der Waals surface area contributed by atoms with Gasteiger partial charge in [-0.25, -0.2) is 0 Å². The van der Waals surface area contributed by atoms with Crippen LogP contribution in [-0.2, 0) is 15.1 Å². The first kappa shape index (κ1) is 13.2. The molecular formula is C11H16O4S. The first-order chi connectivity index (χ1) is 7.27. The molecule has 0 amide bonds. The van der Waals surface area contributed by atoms with E-state index in [2.05, 4.69) is 0 Å². The molecule has 5 heteroatoms. The van der Waals surface area contributed by atoms with E-state index in [9.17, 15) is 13.5 Å². The third-order valence-corrected chi connectivity index (χ3v) is 3.59. The van der Waals surface area contributed by atoms with Gasteiger partial charge in [0.25, 0.3) is 10.1 Å². The number of benzene rings is 1. The van der Waals surface area contributed by atoms with Gasteiger partial charge in [0.2, 0.25) is 4.93 Å². The van der Waals surface area contributed by atoms with E-state index < -0.39 is 15.1 Å². The van der Waals surface area contributed by atoms with Crippen molar-refractivity contribution in [2.24, 2.45) is 5.92 Å². The van der Waals surface area contributed by atoms with Crippen molar-refractivity contribution in [1.82, 2.24) is 0 Å². The summed E-state index contributed by atoms with van der Waals surface area (Å²) in [5.74, 6) is -0.0628. The summed E-state index contributed by atoms with van der Waals surface area (Å²) in [5.41, 5.74) is 0.186. The van der Waals surface area contributed by atoms with Crippen LogP contribution in [-0.4, -0.2) is 18.1 Å². The van der Waals surface area contributed by atoms with E-state index in [1.165, 1.54) is 12.1 Å². The van der Waals surface area contributed by atoms with Crippen LogP contribution in [0.1, 0.15) is 25.8 Å². The van der Waals surface area contributed by atoms with E-state index >= 15 is 0 Å². The Labute approximate surface area is 95.7 Å². The zero-order valence-electron chi connectivity index (χ0n) is 9.29. The largest absolute Gasteiger partial charge is 0.369 e. The van der Waals surface area contributed by atoms with Crippen LogP contribution in [0.5, 0.6) is 0 Å². The molecule has 0 bridgehead atoms. The van der Waals surface area contributed by atoms with Crippen molar-refractivity contribution in [2.45, 2.75) is 25.2 Å². The van der Waals surface area contributed by atoms with E-state index in [1.54, 1.807) is 32.0 Å². The molecule has 1 aromatic rings. The number of hydrogen-bond acceptors (Lipinski definition) is 3. The van der Waals surface area contributed by atoms with Gasteiger partial charge in [0.15, 0.2) is 0 Å². The maximum Gasteiger partial charge on any atom is 0.299 e. The Hall–Kier alpha value is -0.910. The lowest BCUT2D eigenvalue weighted by Crippen LogP contribution is -2.36. The Morgan fingerprint density at radius 1 is 1.25 bits per heavy atom. The fourth-order valence-corrected chi connectivity index (χ4v) is 2.60. The zero-order chi connectivity index (χ0) is 12.4. The minimum absolute atomic E-state index is 0.0458. The molecule has 4 nitrogen and oxygen atoms in total. The lowest BCUT2D eigenvalue weighted by atomic mass is 9.99. The summed E-state index contributed by atoms with van der Waals surface area (Å²) in [7, 11) is -4.56. The maximum absolute atomic E-state index is 11.3. The van der Waals surface area contributed by atoms with Crippen molar-refractivity contribution in [2.75, 3.05) is 0 Å². The lowest BCUT2D eigenvalue weighted by Gasteiger charge is -2.26. The van der Waals surface area contributed by atoms with Crippen molar-refractivity contribution in [3.63, 3.8) is 0 Å². The standard InChI is InChI=1S/C11H16O4S/c1-9(2)8-11(12,16(13,14)15)10-6-4-3-5-7-10/h3-7,9,12H,8H2,1-2H3,(H,13,14,15). The molecule has 1 aromatic carbocycles. The van der Waals surface area contributed by atoms with Gasteiger partial charge in [0.1, 0.15) is 0 Å². The van der Waals surface area contributed by atoms with Gasteiger partial charge >= 0.3 is 0 Å². The molecular weight excluding hydrogens is 228 g/mol. The quantitative estimate of drug-likeness (QED) is 0.791. The van der Waals surface area contributed by atoms with Crippen molar-refractivity contribution in [3.8, 4) is 0 Å². The molecule has 1 unspecified atom stereocenters. The fourth-order valence-electron chi connectivity index (χ4n) is 1.62. The molecule has 2 N–H and O–H groups in total. The molecule has 0 aliphatic carbocycles. The van der Waals surface area contributed by atoms with Gasteiger partial charge in [0.05, 0.1) is 0 Å². The van der Waals surface area contributed by atoms with Crippen LogP contribution in [0.4, 0.5) is 0 Å². The average molecular weight is 244 g/mol. The lowest BCUT2D eigenvalue weighted by molar-refractivity contribution is 0.0887. The Kier molecular flexibility index (Phi) is 3.72. The van der Waals surface area contributed by atoms with Crippen LogP contribution < -0.4 is 0 Å². The molecule has 0 aromatic heterocycles. The molecule has 0 radical (unpaired) electrons. The average Bonchev–Trinajstić information content (AvgIpc) is 2.16. The normalized spacial score (nSPS) is 16.1. The summed E-state index contributed by atoms with van der Waals surface area (Å²) >= 11 is 0. The smallest absolute Gasteiger partial charge is 0.299 e. The van der Waals surface area contributed by atoms with E-state index in [-0.39, 0.29) is 17.9 Å². The SMILES string of the molecule is CC(C)CC(O)(c1ccccc1)S(=O)(=O)O.